The first-order valence-electron chi connectivity index (χ1n) is 8.12. The van der Waals surface area contributed by atoms with Crippen molar-refractivity contribution in [2.24, 2.45) is 17.6 Å². The first-order chi connectivity index (χ1) is 9.58. The van der Waals surface area contributed by atoms with Crippen LogP contribution in [0.3, 0.4) is 0 Å². The second-order valence-electron chi connectivity index (χ2n) is 6.82. The van der Waals surface area contributed by atoms with E-state index in [1.54, 1.807) is 0 Å². The highest BCUT2D eigenvalue weighted by molar-refractivity contribution is 5.19. The molecular formula is C18H30N2. The Morgan fingerprint density at radius 2 is 1.80 bits per heavy atom. The van der Waals surface area contributed by atoms with Gasteiger partial charge in [0.15, 0.2) is 0 Å². The smallest absolute Gasteiger partial charge is 0.0333 e. The van der Waals surface area contributed by atoms with Crippen molar-refractivity contribution in [1.29, 1.82) is 0 Å². The minimum Gasteiger partial charge on any atom is -0.324 e. The van der Waals surface area contributed by atoms with Crippen LogP contribution in [0.2, 0.25) is 0 Å². The van der Waals surface area contributed by atoms with Gasteiger partial charge in [-0.1, -0.05) is 51.1 Å². The second kappa shape index (κ2) is 7.24. The van der Waals surface area contributed by atoms with E-state index in [2.05, 4.69) is 56.0 Å². The molecule has 0 bridgehead atoms. The highest BCUT2D eigenvalue weighted by Gasteiger charge is 2.30. The number of benzene rings is 1. The minimum atomic E-state index is 0.150. The lowest BCUT2D eigenvalue weighted by Gasteiger charge is -2.29. The Morgan fingerprint density at radius 3 is 2.35 bits per heavy atom. The molecule has 2 unspecified atom stereocenters. The third-order valence-corrected chi connectivity index (χ3v) is 4.38. The molecule has 1 aliphatic carbocycles. The topological polar surface area (TPSA) is 29.3 Å². The molecule has 0 heterocycles. The summed E-state index contributed by atoms with van der Waals surface area (Å²) in [4.78, 5) is 2.67. The third kappa shape index (κ3) is 4.60. The zero-order valence-electron chi connectivity index (χ0n) is 13.3. The van der Waals surface area contributed by atoms with Crippen molar-refractivity contribution < 1.29 is 0 Å². The lowest BCUT2D eigenvalue weighted by molar-refractivity contribution is 0.203. The first-order valence-corrected chi connectivity index (χ1v) is 8.12. The van der Waals surface area contributed by atoms with Gasteiger partial charge in [-0.25, -0.2) is 0 Å². The summed E-state index contributed by atoms with van der Waals surface area (Å²) < 4.78 is 0. The Morgan fingerprint density at radius 1 is 1.15 bits per heavy atom. The molecule has 1 saturated carbocycles. The zero-order valence-corrected chi connectivity index (χ0v) is 13.3. The largest absolute Gasteiger partial charge is 0.324 e. The molecule has 0 saturated heterocycles. The van der Waals surface area contributed by atoms with E-state index in [-0.39, 0.29) is 6.04 Å². The van der Waals surface area contributed by atoms with E-state index in [4.69, 9.17) is 5.73 Å². The fraction of sp³-hybridized carbons (Fsp3) is 0.667. The van der Waals surface area contributed by atoms with E-state index in [0.29, 0.717) is 5.92 Å². The highest BCUT2D eigenvalue weighted by atomic mass is 15.2. The Bertz CT molecular complexity index is 384. The van der Waals surface area contributed by atoms with Gasteiger partial charge in [-0.05, 0) is 43.2 Å². The predicted molar refractivity (Wildman–Crippen MR) is 86.6 cm³/mol. The van der Waals surface area contributed by atoms with Crippen LogP contribution in [0.25, 0.3) is 0 Å². The summed E-state index contributed by atoms with van der Waals surface area (Å²) in [5.41, 5.74) is 7.70. The Labute approximate surface area is 124 Å². The van der Waals surface area contributed by atoms with E-state index in [1.165, 1.54) is 31.4 Å². The number of hydrogen-bond donors (Lipinski definition) is 1. The lowest BCUT2D eigenvalue weighted by atomic mass is 9.94. The van der Waals surface area contributed by atoms with Gasteiger partial charge in [0.2, 0.25) is 0 Å². The summed E-state index contributed by atoms with van der Waals surface area (Å²) in [7, 11) is 0. The van der Waals surface area contributed by atoms with Crippen LogP contribution in [0.4, 0.5) is 0 Å². The molecule has 0 aromatic heterocycles. The highest BCUT2D eigenvalue weighted by Crippen LogP contribution is 2.30. The maximum atomic E-state index is 6.44. The van der Waals surface area contributed by atoms with Crippen molar-refractivity contribution in [1.82, 2.24) is 4.90 Å². The molecule has 0 radical (unpaired) electrons. The van der Waals surface area contributed by atoms with Crippen molar-refractivity contribution in [3.8, 4) is 0 Å². The van der Waals surface area contributed by atoms with Crippen LogP contribution in [0.15, 0.2) is 30.3 Å². The molecule has 2 heteroatoms. The average Bonchev–Trinajstić information content (AvgIpc) is 3.27. The van der Waals surface area contributed by atoms with Gasteiger partial charge in [0.1, 0.15) is 0 Å². The van der Waals surface area contributed by atoms with Crippen molar-refractivity contribution in [2.75, 3.05) is 13.1 Å². The standard InChI is InChI=1S/C18H30N2/c1-14(2)11-12-20(17-9-10-17)13-15(3)18(19)16-7-5-4-6-8-16/h4-8,14-15,17-18H,9-13,19H2,1-3H3. The summed E-state index contributed by atoms with van der Waals surface area (Å²) >= 11 is 0. The van der Waals surface area contributed by atoms with Gasteiger partial charge in [0, 0.05) is 18.6 Å². The molecule has 1 aromatic rings. The fourth-order valence-corrected chi connectivity index (χ4v) is 2.77. The van der Waals surface area contributed by atoms with Crippen LogP contribution in [-0.2, 0) is 0 Å². The fourth-order valence-electron chi connectivity index (χ4n) is 2.77. The van der Waals surface area contributed by atoms with Gasteiger partial charge in [-0.3, -0.25) is 0 Å². The number of rotatable bonds is 8. The predicted octanol–water partition coefficient (Wildman–Crippen LogP) is 3.83. The number of nitrogens with two attached hydrogens (primary N) is 1. The van der Waals surface area contributed by atoms with Gasteiger partial charge in [-0.2, -0.15) is 0 Å². The zero-order chi connectivity index (χ0) is 14.5. The molecule has 2 rings (SSSR count). The average molecular weight is 274 g/mol. The van der Waals surface area contributed by atoms with E-state index in [1.807, 2.05) is 0 Å². The van der Waals surface area contributed by atoms with Gasteiger partial charge < -0.3 is 10.6 Å². The normalized spacial score (nSPS) is 18.5. The van der Waals surface area contributed by atoms with Crippen molar-refractivity contribution in [2.45, 2.75) is 52.1 Å². The van der Waals surface area contributed by atoms with Gasteiger partial charge >= 0.3 is 0 Å². The summed E-state index contributed by atoms with van der Waals surface area (Å²) in [6.45, 7) is 9.28. The van der Waals surface area contributed by atoms with Crippen LogP contribution in [-0.4, -0.2) is 24.0 Å². The Hall–Kier alpha value is -0.860. The van der Waals surface area contributed by atoms with E-state index < -0.39 is 0 Å². The first kappa shape index (κ1) is 15.5. The minimum absolute atomic E-state index is 0.150. The lowest BCUT2D eigenvalue weighted by Crippen LogP contribution is -2.36. The van der Waals surface area contributed by atoms with Crippen molar-refractivity contribution in [3.05, 3.63) is 35.9 Å². The van der Waals surface area contributed by atoms with Crippen LogP contribution in [0.5, 0.6) is 0 Å². The van der Waals surface area contributed by atoms with Crippen LogP contribution < -0.4 is 5.73 Å². The molecule has 20 heavy (non-hydrogen) atoms. The molecule has 1 aromatic carbocycles. The van der Waals surface area contributed by atoms with E-state index >= 15 is 0 Å². The van der Waals surface area contributed by atoms with Crippen molar-refractivity contribution >= 4 is 0 Å². The summed E-state index contributed by atoms with van der Waals surface area (Å²) in [6, 6.07) is 11.5. The molecule has 2 nitrogen and oxygen atoms in total. The summed E-state index contributed by atoms with van der Waals surface area (Å²) in [5, 5.41) is 0. The van der Waals surface area contributed by atoms with Gasteiger partial charge in [0.05, 0.1) is 0 Å². The molecule has 0 spiro atoms. The molecule has 112 valence electrons. The number of nitrogens with zero attached hydrogens (tertiary/aromatic N) is 1. The third-order valence-electron chi connectivity index (χ3n) is 4.38. The Balaban J connectivity index is 1.89. The van der Waals surface area contributed by atoms with Crippen molar-refractivity contribution in [3.63, 3.8) is 0 Å². The SMILES string of the molecule is CC(C)CCN(CC(C)C(N)c1ccccc1)C1CC1. The molecule has 0 amide bonds. The molecule has 2 atom stereocenters. The van der Waals surface area contributed by atoms with Gasteiger partial charge in [-0.15, -0.1) is 0 Å². The summed E-state index contributed by atoms with van der Waals surface area (Å²) in [5.74, 6) is 1.29. The van der Waals surface area contributed by atoms with Crippen LogP contribution in [0, 0.1) is 11.8 Å². The van der Waals surface area contributed by atoms with E-state index in [0.717, 1.165) is 18.5 Å². The molecule has 0 aliphatic heterocycles. The van der Waals surface area contributed by atoms with Crippen LogP contribution in [0.1, 0.15) is 51.6 Å². The molecular weight excluding hydrogens is 244 g/mol. The quantitative estimate of drug-likeness (QED) is 0.780. The summed E-state index contributed by atoms with van der Waals surface area (Å²) in [6.07, 6.45) is 4.06. The van der Waals surface area contributed by atoms with Gasteiger partial charge in [0.25, 0.3) is 0 Å². The second-order valence-corrected chi connectivity index (χ2v) is 6.82. The maximum Gasteiger partial charge on any atom is 0.0333 e. The number of hydrogen-bond acceptors (Lipinski definition) is 2. The Kier molecular flexibility index (Phi) is 5.62. The molecule has 2 N–H and O–H groups in total. The van der Waals surface area contributed by atoms with Crippen LogP contribution >= 0.6 is 0 Å². The maximum absolute atomic E-state index is 6.44. The molecule has 1 aliphatic rings. The van der Waals surface area contributed by atoms with E-state index in [9.17, 15) is 0 Å². The monoisotopic (exact) mass is 274 g/mol. The molecule has 1 fully saturated rings.